The maximum absolute atomic E-state index is 12.4. The highest BCUT2D eigenvalue weighted by Gasteiger charge is 2.36. The van der Waals surface area contributed by atoms with Crippen molar-refractivity contribution in [1.82, 2.24) is 9.47 Å². The van der Waals surface area contributed by atoms with E-state index in [2.05, 4.69) is 38.3 Å². The Balaban J connectivity index is 1.99. The molecule has 0 saturated heterocycles. The van der Waals surface area contributed by atoms with Crippen LogP contribution in [0.15, 0.2) is 6.07 Å². The summed E-state index contributed by atoms with van der Waals surface area (Å²) in [6.07, 6.45) is 2.10. The summed E-state index contributed by atoms with van der Waals surface area (Å²) in [5.74, 6) is 0.228. The van der Waals surface area contributed by atoms with E-state index in [4.69, 9.17) is 0 Å². The van der Waals surface area contributed by atoms with Crippen LogP contribution in [-0.4, -0.2) is 28.0 Å². The summed E-state index contributed by atoms with van der Waals surface area (Å²) in [5.41, 5.74) is 3.93. The Morgan fingerprint density at radius 3 is 2.72 bits per heavy atom. The van der Waals surface area contributed by atoms with E-state index in [1.165, 1.54) is 11.4 Å². The summed E-state index contributed by atoms with van der Waals surface area (Å²) in [4.78, 5) is 14.4. The molecule has 3 heteroatoms. The lowest BCUT2D eigenvalue weighted by Crippen LogP contribution is -2.42. The van der Waals surface area contributed by atoms with Gasteiger partial charge in [-0.15, -0.1) is 0 Å². The first kappa shape index (κ1) is 11.8. The maximum Gasteiger partial charge on any atom is 0.255 e. The normalized spacial score (nSPS) is 21.4. The zero-order chi connectivity index (χ0) is 13.1. The minimum absolute atomic E-state index is 0.228. The lowest BCUT2D eigenvalue weighted by atomic mass is 9.90. The predicted octanol–water partition coefficient (Wildman–Crippen LogP) is 2.48. The molecule has 0 N–H and O–H groups in total. The van der Waals surface area contributed by atoms with Crippen LogP contribution in [0.25, 0.3) is 0 Å². The minimum atomic E-state index is 0.228. The average molecular weight is 246 g/mol. The number of aromatic nitrogens is 1. The number of fused-ring (bicyclic) bond motifs is 3. The van der Waals surface area contributed by atoms with E-state index in [1.807, 2.05) is 4.90 Å². The van der Waals surface area contributed by atoms with Gasteiger partial charge < -0.3 is 9.47 Å². The number of amides is 1. The molecular weight excluding hydrogens is 224 g/mol. The van der Waals surface area contributed by atoms with Gasteiger partial charge in [0, 0.05) is 36.9 Å². The molecule has 0 unspecified atom stereocenters. The van der Waals surface area contributed by atoms with Crippen molar-refractivity contribution in [3.63, 3.8) is 0 Å². The van der Waals surface area contributed by atoms with E-state index in [0.29, 0.717) is 11.5 Å². The van der Waals surface area contributed by atoms with E-state index in [0.717, 1.165) is 31.5 Å². The van der Waals surface area contributed by atoms with E-state index < -0.39 is 0 Å². The number of carbonyl (C=O) groups excluding carboxylic acids is 1. The number of nitrogens with zero attached hydrogens (tertiary/aromatic N) is 2. The lowest BCUT2D eigenvalue weighted by molar-refractivity contribution is 0.0685. The van der Waals surface area contributed by atoms with E-state index >= 15 is 0 Å². The van der Waals surface area contributed by atoms with Crippen molar-refractivity contribution in [2.24, 2.45) is 5.41 Å². The van der Waals surface area contributed by atoms with Gasteiger partial charge in [-0.3, -0.25) is 4.79 Å². The molecule has 18 heavy (non-hydrogen) atoms. The largest absolute Gasteiger partial charge is 0.347 e. The molecule has 1 aromatic rings. The summed E-state index contributed by atoms with van der Waals surface area (Å²) in [6.45, 7) is 10.7. The molecule has 0 aromatic carbocycles. The van der Waals surface area contributed by atoms with Gasteiger partial charge in [0.05, 0.1) is 5.56 Å². The Kier molecular flexibility index (Phi) is 2.38. The van der Waals surface area contributed by atoms with Crippen molar-refractivity contribution in [3.05, 3.63) is 23.0 Å². The molecule has 1 aromatic heterocycles. The van der Waals surface area contributed by atoms with Crippen LogP contribution in [0.1, 0.15) is 49.4 Å². The van der Waals surface area contributed by atoms with E-state index in [9.17, 15) is 4.79 Å². The van der Waals surface area contributed by atoms with Crippen LogP contribution < -0.4 is 0 Å². The Hall–Kier alpha value is -1.25. The molecule has 0 aliphatic carbocycles. The highest BCUT2D eigenvalue weighted by atomic mass is 16.2. The predicted molar refractivity (Wildman–Crippen MR) is 71.8 cm³/mol. The molecule has 2 aliphatic rings. The number of hydrogen-bond acceptors (Lipinski definition) is 1. The van der Waals surface area contributed by atoms with Crippen LogP contribution in [0.4, 0.5) is 0 Å². The van der Waals surface area contributed by atoms with Crippen LogP contribution in [0.2, 0.25) is 0 Å². The molecule has 0 fully saturated rings. The highest BCUT2D eigenvalue weighted by molar-refractivity contribution is 5.97. The minimum Gasteiger partial charge on any atom is -0.347 e. The number of rotatable bonds is 1. The maximum atomic E-state index is 12.4. The molecule has 98 valence electrons. The van der Waals surface area contributed by atoms with Gasteiger partial charge in [0.15, 0.2) is 0 Å². The van der Waals surface area contributed by atoms with E-state index in [-0.39, 0.29) is 5.91 Å². The fraction of sp³-hybridized carbons (Fsp3) is 0.667. The van der Waals surface area contributed by atoms with Crippen molar-refractivity contribution < 1.29 is 4.79 Å². The SMILES string of the molecule is CC(C)N1CCc2c(cc3n2CC(C)(C)C3)C1=O. The smallest absolute Gasteiger partial charge is 0.255 e. The second kappa shape index (κ2) is 3.62. The molecule has 0 saturated carbocycles. The van der Waals surface area contributed by atoms with Gasteiger partial charge in [-0.2, -0.15) is 0 Å². The highest BCUT2D eigenvalue weighted by Crippen LogP contribution is 2.36. The zero-order valence-corrected chi connectivity index (χ0v) is 11.8. The molecule has 0 atom stereocenters. The van der Waals surface area contributed by atoms with Gasteiger partial charge in [0.2, 0.25) is 0 Å². The van der Waals surface area contributed by atoms with Crippen molar-refractivity contribution in [1.29, 1.82) is 0 Å². The topological polar surface area (TPSA) is 25.2 Å². The molecular formula is C15H22N2O. The van der Waals surface area contributed by atoms with Gasteiger partial charge in [-0.05, 0) is 31.7 Å². The second-order valence-electron chi connectivity index (χ2n) is 6.77. The monoisotopic (exact) mass is 246 g/mol. The number of carbonyl (C=O) groups is 1. The van der Waals surface area contributed by atoms with Crippen LogP contribution in [-0.2, 0) is 19.4 Å². The molecule has 0 radical (unpaired) electrons. The molecule has 2 aliphatic heterocycles. The molecule has 3 rings (SSSR count). The van der Waals surface area contributed by atoms with Gasteiger partial charge in [0.25, 0.3) is 5.91 Å². The fourth-order valence-corrected chi connectivity index (χ4v) is 3.39. The first-order chi connectivity index (χ1) is 8.39. The Bertz CT molecular complexity index is 511. The van der Waals surface area contributed by atoms with Crippen molar-refractivity contribution in [2.45, 2.75) is 53.1 Å². The average Bonchev–Trinajstić information content (AvgIpc) is 2.71. The Morgan fingerprint density at radius 1 is 1.33 bits per heavy atom. The Morgan fingerprint density at radius 2 is 2.06 bits per heavy atom. The first-order valence-electron chi connectivity index (χ1n) is 6.91. The second-order valence-corrected chi connectivity index (χ2v) is 6.77. The summed E-state index contributed by atoms with van der Waals surface area (Å²) < 4.78 is 2.39. The molecule has 1 amide bonds. The first-order valence-corrected chi connectivity index (χ1v) is 6.91. The summed E-state index contributed by atoms with van der Waals surface area (Å²) in [5, 5.41) is 0. The van der Waals surface area contributed by atoms with Crippen LogP contribution in [0, 0.1) is 5.41 Å². The molecule has 3 heterocycles. The standard InChI is InChI=1S/C15H22N2O/c1-10(2)16-6-5-13-12(14(16)18)7-11-8-15(3,4)9-17(11)13/h7,10H,5-6,8-9H2,1-4H3. The fourth-order valence-electron chi connectivity index (χ4n) is 3.39. The lowest BCUT2D eigenvalue weighted by Gasteiger charge is -2.31. The molecule has 0 bridgehead atoms. The van der Waals surface area contributed by atoms with Gasteiger partial charge in [-0.25, -0.2) is 0 Å². The third-order valence-electron chi connectivity index (χ3n) is 4.24. The van der Waals surface area contributed by atoms with Crippen molar-refractivity contribution in [3.8, 4) is 0 Å². The van der Waals surface area contributed by atoms with Crippen LogP contribution in [0.5, 0.6) is 0 Å². The number of hydrogen-bond donors (Lipinski definition) is 0. The van der Waals surface area contributed by atoms with Gasteiger partial charge in [-0.1, -0.05) is 13.8 Å². The van der Waals surface area contributed by atoms with Crippen molar-refractivity contribution >= 4 is 5.91 Å². The van der Waals surface area contributed by atoms with Crippen LogP contribution >= 0.6 is 0 Å². The molecule has 3 nitrogen and oxygen atoms in total. The quantitative estimate of drug-likeness (QED) is 0.747. The van der Waals surface area contributed by atoms with Gasteiger partial charge >= 0.3 is 0 Å². The summed E-state index contributed by atoms with van der Waals surface area (Å²) in [6, 6.07) is 2.44. The van der Waals surface area contributed by atoms with Gasteiger partial charge in [0.1, 0.15) is 0 Å². The molecule has 0 spiro atoms. The third-order valence-corrected chi connectivity index (χ3v) is 4.24. The van der Waals surface area contributed by atoms with Crippen LogP contribution in [0.3, 0.4) is 0 Å². The zero-order valence-electron chi connectivity index (χ0n) is 11.8. The summed E-state index contributed by atoms with van der Waals surface area (Å²) in [7, 11) is 0. The third kappa shape index (κ3) is 1.60. The van der Waals surface area contributed by atoms with E-state index in [1.54, 1.807) is 0 Å². The van der Waals surface area contributed by atoms with Crippen molar-refractivity contribution in [2.75, 3.05) is 6.54 Å². The summed E-state index contributed by atoms with van der Waals surface area (Å²) >= 11 is 0. The Labute approximate surface area is 109 Å².